The van der Waals surface area contributed by atoms with E-state index in [0.717, 1.165) is 13.0 Å². The van der Waals surface area contributed by atoms with Gasteiger partial charge in [-0.3, -0.25) is 4.79 Å². The van der Waals surface area contributed by atoms with Gasteiger partial charge in [-0.1, -0.05) is 50.6 Å². The monoisotopic (exact) mass is 344 g/mol. The van der Waals surface area contributed by atoms with Gasteiger partial charge in [-0.2, -0.15) is 0 Å². The average molecular weight is 345 g/mol. The van der Waals surface area contributed by atoms with Crippen LogP contribution in [0.5, 0.6) is 0 Å². The maximum absolute atomic E-state index is 12.7. The molecule has 2 aromatic rings. The molecule has 0 saturated heterocycles. The summed E-state index contributed by atoms with van der Waals surface area (Å²) in [5, 5.41) is 3.31. The van der Waals surface area contributed by atoms with Gasteiger partial charge in [0.2, 0.25) is 5.91 Å². The van der Waals surface area contributed by atoms with Crippen molar-refractivity contribution in [1.29, 1.82) is 0 Å². The molecular formula is C20H28N2OS. The zero-order valence-corrected chi connectivity index (χ0v) is 15.7. The summed E-state index contributed by atoms with van der Waals surface area (Å²) >= 11 is 1.76. The van der Waals surface area contributed by atoms with Crippen molar-refractivity contribution in [3.63, 3.8) is 0 Å². The first kappa shape index (κ1) is 18.7. The summed E-state index contributed by atoms with van der Waals surface area (Å²) in [6, 6.07) is 14.4. The lowest BCUT2D eigenvalue weighted by atomic mass is 10.1. The Morgan fingerprint density at radius 3 is 2.54 bits per heavy atom. The quantitative estimate of drug-likeness (QED) is 0.738. The number of nitrogens with one attached hydrogen (secondary N) is 1. The Morgan fingerprint density at radius 1 is 1.17 bits per heavy atom. The summed E-state index contributed by atoms with van der Waals surface area (Å²) in [5.74, 6) is 0.758. The number of carbonyl (C=O) groups excluding carboxylic acids is 1. The van der Waals surface area contributed by atoms with Crippen molar-refractivity contribution in [2.45, 2.75) is 40.3 Å². The number of amides is 1. The zero-order valence-electron chi connectivity index (χ0n) is 14.9. The Labute approximate surface area is 149 Å². The number of hydrogen-bond donors (Lipinski definition) is 1. The van der Waals surface area contributed by atoms with Crippen molar-refractivity contribution in [3.05, 3.63) is 57.8 Å². The Bertz CT molecular complexity index is 624. The van der Waals surface area contributed by atoms with Crippen LogP contribution in [0.25, 0.3) is 0 Å². The number of rotatable bonds is 9. The Morgan fingerprint density at radius 2 is 1.92 bits per heavy atom. The first-order valence-corrected chi connectivity index (χ1v) is 9.48. The second-order valence-corrected chi connectivity index (χ2v) is 7.76. The van der Waals surface area contributed by atoms with Crippen LogP contribution in [0.2, 0.25) is 0 Å². The molecule has 1 amide bonds. The maximum Gasteiger partial charge on any atom is 0.237 e. The van der Waals surface area contributed by atoms with Gasteiger partial charge in [0.1, 0.15) is 0 Å². The fraction of sp³-hybridized carbons (Fsp3) is 0.450. The minimum atomic E-state index is 0.160. The number of aryl methyl sites for hydroxylation is 1. The van der Waals surface area contributed by atoms with Crippen molar-refractivity contribution in [1.82, 2.24) is 10.2 Å². The molecule has 1 aromatic carbocycles. The number of nitrogens with zero attached hydrogens (tertiary/aromatic N) is 1. The summed E-state index contributed by atoms with van der Waals surface area (Å²) in [6.07, 6.45) is 1.13. The Hall–Kier alpha value is -1.65. The molecule has 1 heterocycles. The van der Waals surface area contributed by atoms with E-state index in [1.54, 1.807) is 11.3 Å². The third kappa shape index (κ3) is 6.10. The number of benzene rings is 1. The molecule has 0 fully saturated rings. The molecule has 1 N–H and O–H groups in total. The standard InChI is InChI=1S/C20H28N2OS/c1-4-16(2)12-21-13-20(23)22(14-18-8-6-5-7-9-18)15-19-11-10-17(3)24-19/h5-11,16,21H,4,12-15H2,1-3H3. The third-order valence-corrected chi connectivity index (χ3v) is 5.16. The molecule has 4 heteroatoms. The fourth-order valence-corrected chi connectivity index (χ4v) is 3.38. The predicted octanol–water partition coefficient (Wildman–Crippen LogP) is 4.22. The summed E-state index contributed by atoms with van der Waals surface area (Å²) < 4.78 is 0. The van der Waals surface area contributed by atoms with Gasteiger partial charge in [0.25, 0.3) is 0 Å². The van der Waals surface area contributed by atoms with Crippen molar-refractivity contribution < 1.29 is 4.79 Å². The van der Waals surface area contributed by atoms with Gasteiger partial charge in [-0.05, 0) is 37.1 Å². The SMILES string of the molecule is CCC(C)CNCC(=O)N(Cc1ccccc1)Cc1ccc(C)s1. The van der Waals surface area contributed by atoms with Crippen LogP contribution in [-0.4, -0.2) is 23.9 Å². The summed E-state index contributed by atoms with van der Waals surface area (Å²) in [5.41, 5.74) is 1.17. The Balaban J connectivity index is 1.99. The van der Waals surface area contributed by atoms with Crippen LogP contribution in [0.15, 0.2) is 42.5 Å². The first-order chi connectivity index (χ1) is 11.6. The van der Waals surface area contributed by atoms with Crippen LogP contribution >= 0.6 is 11.3 Å². The van der Waals surface area contributed by atoms with Crippen LogP contribution in [-0.2, 0) is 17.9 Å². The number of thiophene rings is 1. The molecule has 0 bridgehead atoms. The lowest BCUT2D eigenvalue weighted by molar-refractivity contribution is -0.131. The van der Waals surface area contributed by atoms with Gasteiger partial charge >= 0.3 is 0 Å². The predicted molar refractivity (Wildman–Crippen MR) is 102 cm³/mol. The molecule has 2 rings (SSSR count). The smallest absolute Gasteiger partial charge is 0.237 e. The lowest BCUT2D eigenvalue weighted by Gasteiger charge is -2.23. The van der Waals surface area contributed by atoms with Gasteiger partial charge in [-0.25, -0.2) is 0 Å². The van der Waals surface area contributed by atoms with E-state index >= 15 is 0 Å². The lowest BCUT2D eigenvalue weighted by Crippen LogP contribution is -2.38. The highest BCUT2D eigenvalue weighted by Crippen LogP contribution is 2.18. The molecule has 0 saturated carbocycles. The molecule has 3 nitrogen and oxygen atoms in total. The molecule has 1 atom stereocenters. The Kier molecular flexibility index (Phi) is 7.47. The van der Waals surface area contributed by atoms with Gasteiger partial charge in [-0.15, -0.1) is 11.3 Å². The van der Waals surface area contributed by atoms with E-state index in [4.69, 9.17) is 0 Å². The van der Waals surface area contributed by atoms with E-state index in [2.05, 4.69) is 50.4 Å². The molecule has 130 valence electrons. The molecule has 0 aliphatic carbocycles. The van der Waals surface area contributed by atoms with Crippen molar-refractivity contribution in [2.24, 2.45) is 5.92 Å². The van der Waals surface area contributed by atoms with Crippen molar-refractivity contribution >= 4 is 17.2 Å². The zero-order chi connectivity index (χ0) is 17.4. The highest BCUT2D eigenvalue weighted by atomic mass is 32.1. The van der Waals surface area contributed by atoms with Crippen LogP contribution in [0.3, 0.4) is 0 Å². The summed E-state index contributed by atoms with van der Waals surface area (Å²) in [4.78, 5) is 17.2. The summed E-state index contributed by atoms with van der Waals surface area (Å²) in [6.45, 7) is 9.10. The van der Waals surface area contributed by atoms with Crippen molar-refractivity contribution in [2.75, 3.05) is 13.1 Å². The molecule has 24 heavy (non-hydrogen) atoms. The van der Waals surface area contributed by atoms with E-state index < -0.39 is 0 Å². The van der Waals surface area contributed by atoms with Gasteiger partial charge < -0.3 is 10.2 Å². The van der Waals surface area contributed by atoms with E-state index in [9.17, 15) is 4.79 Å². The maximum atomic E-state index is 12.7. The molecule has 1 unspecified atom stereocenters. The highest BCUT2D eigenvalue weighted by Gasteiger charge is 2.15. The van der Waals surface area contributed by atoms with Gasteiger partial charge in [0, 0.05) is 16.3 Å². The molecule has 1 aromatic heterocycles. The highest BCUT2D eigenvalue weighted by molar-refractivity contribution is 7.11. The number of carbonyl (C=O) groups is 1. The second kappa shape index (κ2) is 9.60. The minimum Gasteiger partial charge on any atom is -0.332 e. The number of hydrogen-bond acceptors (Lipinski definition) is 3. The van der Waals surface area contributed by atoms with Gasteiger partial charge in [0.15, 0.2) is 0 Å². The van der Waals surface area contributed by atoms with E-state index in [0.29, 0.717) is 25.6 Å². The molecule has 0 spiro atoms. The van der Waals surface area contributed by atoms with Crippen LogP contribution in [0.4, 0.5) is 0 Å². The van der Waals surface area contributed by atoms with Gasteiger partial charge in [0.05, 0.1) is 13.1 Å². The third-order valence-electron chi connectivity index (χ3n) is 4.18. The molecule has 0 aliphatic heterocycles. The normalized spacial score (nSPS) is 12.1. The average Bonchev–Trinajstić information content (AvgIpc) is 3.00. The second-order valence-electron chi connectivity index (χ2n) is 6.39. The first-order valence-electron chi connectivity index (χ1n) is 8.66. The van der Waals surface area contributed by atoms with Crippen LogP contribution in [0, 0.1) is 12.8 Å². The fourth-order valence-electron chi connectivity index (χ4n) is 2.48. The van der Waals surface area contributed by atoms with Crippen LogP contribution < -0.4 is 5.32 Å². The topological polar surface area (TPSA) is 32.3 Å². The largest absolute Gasteiger partial charge is 0.332 e. The van der Waals surface area contributed by atoms with E-state index in [1.165, 1.54) is 15.3 Å². The molecule has 0 aliphatic rings. The van der Waals surface area contributed by atoms with Crippen LogP contribution in [0.1, 0.15) is 35.6 Å². The molecule has 0 radical (unpaired) electrons. The summed E-state index contributed by atoms with van der Waals surface area (Å²) in [7, 11) is 0. The molecular weight excluding hydrogens is 316 g/mol. The minimum absolute atomic E-state index is 0.160. The van der Waals surface area contributed by atoms with Crippen molar-refractivity contribution in [3.8, 4) is 0 Å². The van der Waals surface area contributed by atoms with E-state index in [-0.39, 0.29) is 5.91 Å². The van der Waals surface area contributed by atoms with E-state index in [1.807, 2.05) is 23.1 Å².